The van der Waals surface area contributed by atoms with Crippen LogP contribution in [0.4, 0.5) is 17.3 Å². The second-order valence-electron chi connectivity index (χ2n) is 7.00. The molecular formula is C22H23N5O. The van der Waals surface area contributed by atoms with Gasteiger partial charge in [0.15, 0.2) is 5.82 Å². The first-order valence-corrected chi connectivity index (χ1v) is 9.54. The van der Waals surface area contributed by atoms with Gasteiger partial charge in [0.05, 0.1) is 5.69 Å². The zero-order chi connectivity index (χ0) is 19.3. The number of nitrogens with zero attached hydrogens (tertiary/aromatic N) is 2. The number of aromatic amines is 1. The normalized spacial score (nSPS) is 14.0. The minimum atomic E-state index is -0.239. The summed E-state index contributed by atoms with van der Waals surface area (Å²) in [6.07, 6.45) is 6.30. The number of rotatable bonds is 6. The Hall–Kier alpha value is -3.41. The lowest BCUT2D eigenvalue weighted by Crippen LogP contribution is -2.07. The van der Waals surface area contributed by atoms with Crippen LogP contribution in [0.15, 0.2) is 61.2 Å². The Morgan fingerprint density at radius 1 is 1.11 bits per heavy atom. The highest BCUT2D eigenvalue weighted by Gasteiger charge is 2.19. The largest absolute Gasteiger partial charge is 0.323 e. The molecule has 0 atom stereocenters. The summed E-state index contributed by atoms with van der Waals surface area (Å²) in [5.41, 5.74) is 3.63. The number of pyridine rings is 1. The molecule has 1 aliphatic rings. The van der Waals surface area contributed by atoms with Gasteiger partial charge in [0, 0.05) is 28.9 Å². The van der Waals surface area contributed by atoms with Crippen LogP contribution in [-0.2, 0) is 4.79 Å². The Labute approximate surface area is 164 Å². The molecule has 0 bridgehead atoms. The van der Waals surface area contributed by atoms with Gasteiger partial charge in [-0.3, -0.25) is 9.89 Å². The van der Waals surface area contributed by atoms with E-state index in [-0.39, 0.29) is 5.91 Å². The maximum Gasteiger partial charge on any atom is 0.247 e. The summed E-state index contributed by atoms with van der Waals surface area (Å²) in [4.78, 5) is 16.2. The third-order valence-electron chi connectivity index (χ3n) is 5.01. The molecule has 28 heavy (non-hydrogen) atoms. The van der Waals surface area contributed by atoms with Crippen LogP contribution in [0.3, 0.4) is 0 Å². The molecule has 1 amide bonds. The topological polar surface area (TPSA) is 82.7 Å². The van der Waals surface area contributed by atoms with Crippen LogP contribution in [0.1, 0.15) is 37.3 Å². The maximum atomic E-state index is 11.5. The fourth-order valence-electron chi connectivity index (χ4n) is 3.59. The van der Waals surface area contributed by atoms with E-state index in [0.29, 0.717) is 11.6 Å². The van der Waals surface area contributed by atoms with Crippen LogP contribution in [-0.4, -0.2) is 21.1 Å². The fraction of sp³-hybridized carbons (Fsp3) is 0.227. The highest BCUT2D eigenvalue weighted by atomic mass is 16.1. The first-order valence-electron chi connectivity index (χ1n) is 9.54. The molecule has 0 radical (unpaired) electrons. The summed E-state index contributed by atoms with van der Waals surface area (Å²) in [5.74, 6) is 1.86. The lowest BCUT2D eigenvalue weighted by Gasteiger charge is -2.08. The van der Waals surface area contributed by atoms with E-state index < -0.39 is 0 Å². The molecule has 4 rings (SSSR count). The van der Waals surface area contributed by atoms with Gasteiger partial charge < -0.3 is 10.6 Å². The number of carbonyl (C=O) groups excluding carboxylic acids is 1. The molecule has 3 aromatic rings. The third-order valence-corrected chi connectivity index (χ3v) is 5.01. The zero-order valence-electron chi connectivity index (χ0n) is 15.6. The van der Waals surface area contributed by atoms with E-state index in [1.165, 1.54) is 37.5 Å². The standard InChI is InChI=1S/C22H23N5O/c1-2-22(28)23-17-10-5-9-16(13-17)18-11-6-12-20(24-18)25-21-14-19(26-27-21)15-7-3-4-8-15/h2,5-6,9-15H,1,3-4,7-8H2,(H,23,28)(H2,24,25,26,27). The van der Waals surface area contributed by atoms with Crippen molar-refractivity contribution in [2.45, 2.75) is 31.6 Å². The number of hydrogen-bond donors (Lipinski definition) is 3. The highest BCUT2D eigenvalue weighted by molar-refractivity contribution is 5.99. The number of aromatic nitrogens is 3. The summed E-state index contributed by atoms with van der Waals surface area (Å²) in [7, 11) is 0. The number of carbonyl (C=O) groups is 1. The van der Waals surface area contributed by atoms with Gasteiger partial charge in [0.1, 0.15) is 5.82 Å². The van der Waals surface area contributed by atoms with Gasteiger partial charge in [0.25, 0.3) is 0 Å². The van der Waals surface area contributed by atoms with Crippen LogP contribution in [0.5, 0.6) is 0 Å². The molecule has 3 N–H and O–H groups in total. The Morgan fingerprint density at radius 3 is 2.75 bits per heavy atom. The molecule has 2 aromatic heterocycles. The van der Waals surface area contributed by atoms with E-state index in [0.717, 1.165) is 22.9 Å². The number of benzene rings is 1. The first kappa shape index (κ1) is 18.0. The second kappa shape index (κ2) is 8.08. The zero-order valence-corrected chi connectivity index (χ0v) is 15.6. The molecule has 0 unspecified atom stereocenters. The van der Waals surface area contributed by atoms with Gasteiger partial charge in [-0.15, -0.1) is 0 Å². The molecule has 1 saturated carbocycles. The molecular weight excluding hydrogens is 350 g/mol. The van der Waals surface area contributed by atoms with Gasteiger partial charge in [-0.05, 0) is 43.2 Å². The average Bonchev–Trinajstić information content (AvgIpc) is 3.40. The van der Waals surface area contributed by atoms with Crippen molar-refractivity contribution in [2.24, 2.45) is 0 Å². The van der Waals surface area contributed by atoms with Crippen molar-refractivity contribution in [3.8, 4) is 11.3 Å². The van der Waals surface area contributed by atoms with Gasteiger partial charge >= 0.3 is 0 Å². The van der Waals surface area contributed by atoms with Crippen LogP contribution in [0.25, 0.3) is 11.3 Å². The smallest absolute Gasteiger partial charge is 0.247 e. The van der Waals surface area contributed by atoms with E-state index in [4.69, 9.17) is 0 Å². The van der Waals surface area contributed by atoms with E-state index in [1.54, 1.807) is 0 Å². The molecule has 0 aliphatic heterocycles. The van der Waals surface area contributed by atoms with Gasteiger partial charge in [-0.2, -0.15) is 5.10 Å². The van der Waals surface area contributed by atoms with Gasteiger partial charge in [-0.1, -0.05) is 37.6 Å². The quantitative estimate of drug-likeness (QED) is 0.531. The summed E-state index contributed by atoms with van der Waals surface area (Å²) in [6.45, 7) is 3.47. The Morgan fingerprint density at radius 2 is 1.93 bits per heavy atom. The maximum absolute atomic E-state index is 11.5. The molecule has 1 fully saturated rings. The molecule has 1 aromatic carbocycles. The minimum absolute atomic E-state index is 0.239. The van der Waals surface area contributed by atoms with Crippen LogP contribution >= 0.6 is 0 Å². The second-order valence-corrected chi connectivity index (χ2v) is 7.00. The van der Waals surface area contributed by atoms with Crippen molar-refractivity contribution in [2.75, 3.05) is 10.6 Å². The first-order chi connectivity index (χ1) is 13.7. The molecule has 1 aliphatic carbocycles. The third kappa shape index (κ3) is 4.11. The Kier molecular flexibility index (Phi) is 5.19. The molecule has 6 heteroatoms. The summed E-state index contributed by atoms with van der Waals surface area (Å²) in [6, 6.07) is 15.5. The summed E-state index contributed by atoms with van der Waals surface area (Å²) in [5, 5.41) is 13.6. The number of hydrogen-bond acceptors (Lipinski definition) is 4. The van der Waals surface area contributed by atoms with Crippen molar-refractivity contribution >= 4 is 23.2 Å². The van der Waals surface area contributed by atoms with Crippen molar-refractivity contribution in [3.63, 3.8) is 0 Å². The number of nitrogens with one attached hydrogen (secondary N) is 3. The summed E-state index contributed by atoms with van der Waals surface area (Å²) < 4.78 is 0. The van der Waals surface area contributed by atoms with Gasteiger partial charge in [-0.25, -0.2) is 4.98 Å². The van der Waals surface area contributed by atoms with Crippen molar-refractivity contribution in [1.29, 1.82) is 0 Å². The van der Waals surface area contributed by atoms with E-state index in [1.807, 2.05) is 42.5 Å². The van der Waals surface area contributed by atoms with E-state index >= 15 is 0 Å². The van der Waals surface area contributed by atoms with Gasteiger partial charge in [0.2, 0.25) is 5.91 Å². The molecule has 6 nitrogen and oxygen atoms in total. The highest BCUT2D eigenvalue weighted by Crippen LogP contribution is 2.34. The monoisotopic (exact) mass is 373 g/mol. The lowest BCUT2D eigenvalue weighted by atomic mass is 10.0. The van der Waals surface area contributed by atoms with Crippen molar-refractivity contribution in [1.82, 2.24) is 15.2 Å². The molecule has 0 saturated heterocycles. The minimum Gasteiger partial charge on any atom is -0.323 e. The van der Waals surface area contributed by atoms with Crippen LogP contribution in [0, 0.1) is 0 Å². The molecule has 0 spiro atoms. The van der Waals surface area contributed by atoms with Crippen LogP contribution < -0.4 is 10.6 Å². The number of anilines is 3. The van der Waals surface area contributed by atoms with Crippen molar-refractivity contribution < 1.29 is 4.79 Å². The Bertz CT molecular complexity index is 988. The summed E-state index contributed by atoms with van der Waals surface area (Å²) >= 11 is 0. The van der Waals surface area contributed by atoms with Crippen molar-refractivity contribution in [3.05, 3.63) is 66.9 Å². The Balaban J connectivity index is 1.51. The SMILES string of the molecule is C=CC(=O)Nc1cccc(-c2cccc(Nc3cc(C4CCCC4)[nH]n3)n2)c1. The predicted octanol–water partition coefficient (Wildman–Crippen LogP) is 5.00. The van der Waals surface area contributed by atoms with E-state index in [9.17, 15) is 4.79 Å². The average molecular weight is 373 g/mol. The molecule has 2 heterocycles. The number of H-pyrrole nitrogens is 1. The predicted molar refractivity (Wildman–Crippen MR) is 112 cm³/mol. The molecule has 142 valence electrons. The number of amides is 1. The van der Waals surface area contributed by atoms with Crippen LogP contribution in [0.2, 0.25) is 0 Å². The van der Waals surface area contributed by atoms with E-state index in [2.05, 4.69) is 38.5 Å². The lowest BCUT2D eigenvalue weighted by molar-refractivity contribution is -0.111. The fourth-order valence-corrected chi connectivity index (χ4v) is 3.59.